The Kier molecular flexibility index (Phi) is 21.4. The lowest BCUT2D eigenvalue weighted by atomic mass is 10.0. The summed E-state index contributed by atoms with van der Waals surface area (Å²) in [7, 11) is 0. The molecule has 10 aromatic rings. The monoisotopic (exact) mass is 1010 g/mol. The molecule has 0 amide bonds. The van der Waals surface area contributed by atoms with Crippen LogP contribution in [0.4, 0.5) is 0 Å². The molecule has 0 N–H and O–H groups in total. The van der Waals surface area contributed by atoms with Crippen molar-refractivity contribution in [3.63, 3.8) is 0 Å². The van der Waals surface area contributed by atoms with Crippen molar-refractivity contribution in [1.82, 2.24) is 13.7 Å². The van der Waals surface area contributed by atoms with Gasteiger partial charge in [0.1, 0.15) is 17.2 Å². The van der Waals surface area contributed by atoms with E-state index in [0.29, 0.717) is 70.3 Å². The minimum atomic E-state index is -0.215. The van der Waals surface area contributed by atoms with E-state index in [1.165, 1.54) is 38.5 Å². The van der Waals surface area contributed by atoms with Gasteiger partial charge in [0.05, 0.1) is 39.5 Å². The molecule has 0 spiro atoms. The zero-order valence-electron chi connectivity index (χ0n) is 45.6. The third kappa shape index (κ3) is 15.8. The normalized spacial score (nSPS) is 12.6. The minimum Gasteiger partial charge on any atom is -0.493 e. The first kappa shape index (κ1) is 55.9. The summed E-state index contributed by atoms with van der Waals surface area (Å²) in [4.78, 5) is 44.5. The van der Waals surface area contributed by atoms with Crippen molar-refractivity contribution in [2.45, 2.75) is 138 Å². The first-order chi connectivity index (χ1) is 36.6. The van der Waals surface area contributed by atoms with Gasteiger partial charge < -0.3 is 27.9 Å². The molecule has 3 atom stereocenters. The fourth-order valence-corrected chi connectivity index (χ4v) is 9.62. The van der Waals surface area contributed by atoms with Crippen LogP contribution < -0.4 is 30.9 Å². The molecule has 396 valence electrons. The molecule has 4 heterocycles. The van der Waals surface area contributed by atoms with Gasteiger partial charge in [-0.15, -0.1) is 0 Å². The summed E-state index contributed by atoms with van der Waals surface area (Å²) >= 11 is 0. The third-order valence-electron chi connectivity index (χ3n) is 14.9. The molecule has 0 aliphatic heterocycles. The molecule has 0 aliphatic rings. The number of ether oxygens (including phenoxy) is 3. The van der Waals surface area contributed by atoms with Crippen LogP contribution in [0.5, 0.6) is 17.2 Å². The van der Waals surface area contributed by atoms with Gasteiger partial charge in [-0.1, -0.05) is 136 Å². The maximum atomic E-state index is 14.8. The summed E-state index contributed by atoms with van der Waals surface area (Å²) < 4.78 is 23.9. The van der Waals surface area contributed by atoms with Gasteiger partial charge in [-0.05, 0) is 163 Å². The summed E-state index contributed by atoms with van der Waals surface area (Å²) in [5.74, 6) is 3.93. The van der Waals surface area contributed by atoms with Crippen molar-refractivity contribution in [1.29, 1.82) is 0 Å². The van der Waals surface area contributed by atoms with E-state index in [1.54, 1.807) is 50.1 Å². The Labute approximate surface area is 445 Å². The van der Waals surface area contributed by atoms with E-state index in [2.05, 4.69) is 41.5 Å². The number of benzene rings is 6. The predicted molar refractivity (Wildman–Crippen MR) is 311 cm³/mol. The van der Waals surface area contributed by atoms with E-state index in [9.17, 15) is 14.4 Å². The number of hydrogen-bond acceptors (Lipinski definition) is 6. The second-order valence-electron chi connectivity index (χ2n) is 20.4. The second-order valence-corrected chi connectivity index (χ2v) is 20.4. The van der Waals surface area contributed by atoms with Gasteiger partial charge in [0, 0.05) is 32.7 Å². The maximum absolute atomic E-state index is 14.8. The van der Waals surface area contributed by atoms with Gasteiger partial charge in [-0.2, -0.15) is 0 Å². The first-order valence-corrected chi connectivity index (χ1v) is 28.0. The number of fused-ring (bicyclic) bond motifs is 3. The molecular formula is C66H81N3O6. The summed E-state index contributed by atoms with van der Waals surface area (Å²) in [6.45, 7) is 16.2. The number of aromatic nitrogens is 3. The van der Waals surface area contributed by atoms with Gasteiger partial charge in [0.25, 0.3) is 16.7 Å². The van der Waals surface area contributed by atoms with Crippen LogP contribution in [0, 0.1) is 17.8 Å². The molecular weight excluding hydrogens is 931 g/mol. The summed E-state index contributed by atoms with van der Waals surface area (Å²) in [5.41, 5.74) is 4.06. The fourth-order valence-electron chi connectivity index (χ4n) is 9.62. The van der Waals surface area contributed by atoms with Crippen LogP contribution in [-0.4, -0.2) is 33.5 Å². The van der Waals surface area contributed by atoms with Crippen molar-refractivity contribution in [2.24, 2.45) is 17.8 Å². The van der Waals surface area contributed by atoms with Crippen molar-refractivity contribution in [3.8, 4) is 17.2 Å². The van der Waals surface area contributed by atoms with Gasteiger partial charge in [-0.25, -0.2) is 0 Å². The number of unbranched alkanes of at least 4 members (excludes halogenated alkanes) is 3. The highest BCUT2D eigenvalue weighted by atomic mass is 16.5. The van der Waals surface area contributed by atoms with E-state index in [-0.39, 0.29) is 36.3 Å². The average molecular weight is 1010 g/mol. The van der Waals surface area contributed by atoms with Crippen molar-refractivity contribution in [3.05, 3.63) is 193 Å². The van der Waals surface area contributed by atoms with E-state index in [0.717, 1.165) is 72.5 Å². The zero-order chi connectivity index (χ0) is 52.9. The van der Waals surface area contributed by atoms with E-state index < -0.39 is 0 Å². The predicted octanol–water partition coefficient (Wildman–Crippen LogP) is 15.2. The first-order valence-electron chi connectivity index (χ1n) is 28.0. The Hall–Kier alpha value is -6.87. The van der Waals surface area contributed by atoms with Gasteiger partial charge in [0.2, 0.25) is 0 Å². The van der Waals surface area contributed by atoms with Gasteiger partial charge in [-0.3, -0.25) is 14.4 Å². The van der Waals surface area contributed by atoms with Crippen LogP contribution in [0.2, 0.25) is 0 Å². The number of rotatable bonds is 27. The summed E-state index contributed by atoms with van der Waals surface area (Å²) in [6, 6.07) is 45.8. The minimum absolute atomic E-state index is 0.215. The highest BCUT2D eigenvalue weighted by Crippen LogP contribution is 2.22. The SMILES string of the molecule is CCCCC(CC)COc1ccc(Cn2c(=O)c3ccc(cc3)n(Cc3ccc(OCC(CC)CCCC)cc3)c(=O)c3ccc(cc3)n(Cc3ccc(OCC(CC)CCCC)cc3)c(=O)c3ccc2cc3)cc1. The molecule has 0 aliphatic carbocycles. The lowest BCUT2D eigenvalue weighted by molar-refractivity contribution is 0.233. The highest BCUT2D eigenvalue weighted by Gasteiger charge is 2.12. The molecule has 6 aromatic carbocycles. The molecule has 6 bridgehead atoms. The Balaban J connectivity index is 1.31. The zero-order valence-corrected chi connectivity index (χ0v) is 45.6. The van der Waals surface area contributed by atoms with E-state index >= 15 is 0 Å². The maximum Gasteiger partial charge on any atom is 0.258 e. The Morgan fingerprint density at radius 2 is 0.573 bits per heavy atom. The Morgan fingerprint density at radius 1 is 0.333 bits per heavy atom. The molecule has 0 saturated heterocycles. The largest absolute Gasteiger partial charge is 0.493 e. The lowest BCUT2D eigenvalue weighted by Crippen LogP contribution is -2.21. The Morgan fingerprint density at radius 3 is 0.787 bits per heavy atom. The van der Waals surface area contributed by atoms with E-state index in [1.807, 2.05) is 109 Å². The molecule has 3 unspecified atom stereocenters. The van der Waals surface area contributed by atoms with Crippen molar-refractivity contribution < 1.29 is 14.2 Å². The molecule has 10 rings (SSSR count). The summed E-state index contributed by atoms with van der Waals surface area (Å²) in [6.07, 6.45) is 13.8. The van der Waals surface area contributed by atoms with E-state index in [4.69, 9.17) is 14.2 Å². The summed E-state index contributed by atoms with van der Waals surface area (Å²) in [5, 5.41) is 1.39. The van der Waals surface area contributed by atoms with Crippen LogP contribution >= 0.6 is 0 Å². The molecule has 4 aromatic heterocycles. The fraction of sp³-hybridized carbons (Fsp3) is 0.409. The van der Waals surface area contributed by atoms with Crippen LogP contribution in [-0.2, 0) is 19.6 Å². The molecule has 0 fully saturated rings. The van der Waals surface area contributed by atoms with Crippen LogP contribution in [0.15, 0.2) is 160 Å². The topological polar surface area (TPSA) is 93.7 Å². The molecule has 9 heteroatoms. The van der Waals surface area contributed by atoms with Crippen LogP contribution in [0.1, 0.15) is 135 Å². The van der Waals surface area contributed by atoms with Crippen LogP contribution in [0.3, 0.4) is 0 Å². The van der Waals surface area contributed by atoms with Gasteiger partial charge in [0.15, 0.2) is 0 Å². The smallest absolute Gasteiger partial charge is 0.258 e. The lowest BCUT2D eigenvalue weighted by Gasteiger charge is -2.16. The molecule has 9 nitrogen and oxygen atoms in total. The average Bonchev–Trinajstić information content (AvgIpc) is 3.46. The van der Waals surface area contributed by atoms with Crippen molar-refractivity contribution >= 4 is 32.7 Å². The number of nitrogens with zero attached hydrogens (tertiary/aromatic N) is 3. The van der Waals surface area contributed by atoms with Crippen LogP contribution in [0.25, 0.3) is 32.7 Å². The van der Waals surface area contributed by atoms with Gasteiger partial charge >= 0.3 is 0 Å². The second kappa shape index (κ2) is 28.7. The van der Waals surface area contributed by atoms with Crippen molar-refractivity contribution in [2.75, 3.05) is 19.8 Å². The molecule has 75 heavy (non-hydrogen) atoms. The standard InChI is InChI=1S/C66H81N3O6/c1-7-13-16-49(10-4)46-73-61-37-19-52(20-38-61)43-67-58-31-25-56(26-32-58)65(71)69(45-54-23-41-63(42-24-54)75-48-51(12-6)18-15-9-3)60-35-29-57(30-36-60)66(72)68(59-33-27-55(28-34-59)64(67)70)44-53-21-39-62(40-22-53)74-47-50(11-5)17-14-8-2/h19-42,49-51H,7-18,43-48H2,1-6H3. The Bertz CT molecular complexity index is 2790. The highest BCUT2D eigenvalue weighted by molar-refractivity contribution is 5.66. The third-order valence-corrected chi connectivity index (χ3v) is 14.9. The number of hydrogen-bond donors (Lipinski definition) is 0. The molecule has 0 radical (unpaired) electrons. The molecule has 0 saturated carbocycles. The quantitative estimate of drug-likeness (QED) is 0.0509.